The van der Waals surface area contributed by atoms with Gasteiger partial charge in [-0.2, -0.15) is 10.2 Å². The first kappa shape index (κ1) is 19.4. The Morgan fingerprint density at radius 3 is 2.62 bits per heavy atom. The molecule has 0 saturated heterocycles. The molecule has 0 unspecified atom stereocenters. The van der Waals surface area contributed by atoms with E-state index in [9.17, 15) is 4.79 Å². The number of carbonyl (C=O) groups is 1. The molecule has 3 aromatic heterocycles. The number of nitrogens with one attached hydrogen (secondary N) is 2. The zero-order valence-electron chi connectivity index (χ0n) is 16.3. The lowest BCUT2D eigenvalue weighted by atomic mass is 10.1. The fraction of sp³-hybridized carbons (Fsp3) is 0.190. The van der Waals surface area contributed by atoms with Gasteiger partial charge in [-0.3, -0.25) is 9.89 Å². The van der Waals surface area contributed by atoms with Crippen molar-refractivity contribution in [3.8, 4) is 10.6 Å². The smallest absolute Gasteiger partial charge is 0.261 e. The summed E-state index contributed by atoms with van der Waals surface area (Å²) >= 11 is 8.15. The van der Waals surface area contributed by atoms with Crippen molar-refractivity contribution >= 4 is 34.7 Å². The van der Waals surface area contributed by atoms with Crippen LogP contribution in [0.2, 0.25) is 5.15 Å². The van der Waals surface area contributed by atoms with E-state index in [1.807, 2.05) is 56.3 Å². The number of amides is 1. The number of rotatable bonds is 5. The van der Waals surface area contributed by atoms with Crippen molar-refractivity contribution in [2.45, 2.75) is 27.3 Å². The van der Waals surface area contributed by atoms with Crippen LogP contribution in [-0.4, -0.2) is 25.9 Å². The van der Waals surface area contributed by atoms with E-state index in [4.69, 9.17) is 11.6 Å². The molecule has 0 fully saturated rings. The maximum atomic E-state index is 12.8. The van der Waals surface area contributed by atoms with Gasteiger partial charge in [-0.05, 0) is 38.5 Å². The van der Waals surface area contributed by atoms with Crippen molar-refractivity contribution in [3.63, 3.8) is 0 Å². The van der Waals surface area contributed by atoms with E-state index < -0.39 is 0 Å². The molecular formula is C21H20ClN5OS. The van der Waals surface area contributed by atoms with Gasteiger partial charge in [0.05, 0.1) is 28.4 Å². The molecule has 0 aliphatic carbocycles. The first-order valence-electron chi connectivity index (χ1n) is 9.12. The van der Waals surface area contributed by atoms with E-state index in [2.05, 4.69) is 20.6 Å². The van der Waals surface area contributed by atoms with Crippen molar-refractivity contribution in [1.29, 1.82) is 0 Å². The summed E-state index contributed by atoms with van der Waals surface area (Å²) in [5.74, 6) is 0.112. The van der Waals surface area contributed by atoms with Crippen molar-refractivity contribution in [3.05, 3.63) is 74.9 Å². The average molecular weight is 426 g/mol. The molecule has 0 aliphatic heterocycles. The maximum Gasteiger partial charge on any atom is 0.261 e. The second kappa shape index (κ2) is 7.85. The lowest BCUT2D eigenvalue weighted by Gasteiger charge is -2.05. The summed E-state index contributed by atoms with van der Waals surface area (Å²) in [6.07, 6.45) is 0. The fourth-order valence-corrected chi connectivity index (χ4v) is 4.21. The van der Waals surface area contributed by atoms with Gasteiger partial charge in [-0.15, -0.1) is 11.3 Å². The van der Waals surface area contributed by atoms with Crippen LogP contribution in [0.3, 0.4) is 0 Å². The second-order valence-electron chi connectivity index (χ2n) is 6.93. The number of hydrogen-bond acceptors (Lipinski definition) is 4. The number of hydrogen-bond donors (Lipinski definition) is 2. The topological polar surface area (TPSA) is 75.6 Å². The van der Waals surface area contributed by atoms with Crippen LogP contribution in [0.5, 0.6) is 0 Å². The Kier molecular flexibility index (Phi) is 5.25. The summed E-state index contributed by atoms with van der Waals surface area (Å²) in [5.41, 5.74) is 4.04. The Morgan fingerprint density at radius 1 is 1.17 bits per heavy atom. The van der Waals surface area contributed by atoms with Crippen LogP contribution in [0.1, 0.15) is 32.1 Å². The third-order valence-electron chi connectivity index (χ3n) is 4.57. The largest absolute Gasteiger partial charge is 0.305 e. The maximum absolute atomic E-state index is 12.8. The lowest BCUT2D eigenvalue weighted by Crippen LogP contribution is -2.13. The van der Waals surface area contributed by atoms with Gasteiger partial charge in [-0.25, -0.2) is 4.68 Å². The highest BCUT2D eigenvalue weighted by Crippen LogP contribution is 2.28. The summed E-state index contributed by atoms with van der Waals surface area (Å²) < 4.78 is 1.64. The first-order valence-corrected chi connectivity index (χ1v) is 10.3. The van der Waals surface area contributed by atoms with Gasteiger partial charge >= 0.3 is 0 Å². The molecule has 0 spiro atoms. The SMILES string of the molecule is Cc1ccc(Cn2nc(C)c(C(=O)Nc3cc(-c4ccc(C)s4)[nH]n3)c2Cl)cc1. The number of aryl methyl sites for hydroxylation is 3. The minimum Gasteiger partial charge on any atom is -0.305 e. The molecule has 148 valence electrons. The highest BCUT2D eigenvalue weighted by molar-refractivity contribution is 7.15. The molecule has 0 bridgehead atoms. The van der Waals surface area contributed by atoms with Crippen molar-refractivity contribution in [2.75, 3.05) is 5.32 Å². The molecule has 1 amide bonds. The molecule has 8 heteroatoms. The minimum atomic E-state index is -0.330. The van der Waals surface area contributed by atoms with E-state index in [1.54, 1.807) is 22.9 Å². The molecule has 6 nitrogen and oxygen atoms in total. The normalized spacial score (nSPS) is 11.0. The van der Waals surface area contributed by atoms with Crippen LogP contribution < -0.4 is 5.32 Å². The molecule has 0 aliphatic rings. The predicted molar refractivity (Wildman–Crippen MR) is 117 cm³/mol. The Hall–Kier alpha value is -2.90. The third-order valence-corrected chi connectivity index (χ3v) is 5.99. The fourth-order valence-electron chi connectivity index (χ4n) is 3.05. The van der Waals surface area contributed by atoms with E-state index in [0.29, 0.717) is 28.8 Å². The van der Waals surface area contributed by atoms with Crippen LogP contribution in [0, 0.1) is 20.8 Å². The number of H-pyrrole nitrogens is 1. The zero-order valence-corrected chi connectivity index (χ0v) is 17.9. The van der Waals surface area contributed by atoms with Gasteiger partial charge in [0, 0.05) is 10.9 Å². The van der Waals surface area contributed by atoms with Gasteiger partial charge in [0.1, 0.15) is 5.15 Å². The molecule has 29 heavy (non-hydrogen) atoms. The summed E-state index contributed by atoms with van der Waals surface area (Å²) in [7, 11) is 0. The summed E-state index contributed by atoms with van der Waals surface area (Å²) in [6, 6.07) is 14.0. The zero-order chi connectivity index (χ0) is 20.5. The number of anilines is 1. The molecule has 1 aromatic carbocycles. The standard InChI is InChI=1S/C21H20ClN5OS/c1-12-4-7-15(8-5-12)11-27-20(22)19(14(3)26-27)21(28)23-18-10-16(24-25-18)17-9-6-13(2)29-17/h4-10H,11H2,1-3H3,(H2,23,24,25,28). The number of aromatic nitrogens is 4. The van der Waals surface area contributed by atoms with Crippen molar-refractivity contribution < 1.29 is 4.79 Å². The lowest BCUT2D eigenvalue weighted by molar-refractivity contribution is 0.102. The third kappa shape index (κ3) is 4.11. The molecule has 3 heterocycles. The quantitative estimate of drug-likeness (QED) is 0.460. The van der Waals surface area contributed by atoms with E-state index >= 15 is 0 Å². The Balaban J connectivity index is 1.52. The van der Waals surface area contributed by atoms with E-state index in [1.165, 1.54) is 10.4 Å². The summed E-state index contributed by atoms with van der Waals surface area (Å²) in [5, 5.41) is 14.7. The van der Waals surface area contributed by atoms with Gasteiger partial charge < -0.3 is 5.32 Å². The van der Waals surface area contributed by atoms with Crippen molar-refractivity contribution in [1.82, 2.24) is 20.0 Å². The molecular weight excluding hydrogens is 406 g/mol. The van der Waals surface area contributed by atoms with Gasteiger partial charge in [0.15, 0.2) is 5.82 Å². The number of aromatic amines is 1. The van der Waals surface area contributed by atoms with E-state index in [0.717, 1.165) is 16.1 Å². The molecule has 0 saturated carbocycles. The Bertz CT molecular complexity index is 1170. The average Bonchev–Trinajstić information content (AvgIpc) is 3.37. The van der Waals surface area contributed by atoms with Gasteiger partial charge in [-0.1, -0.05) is 41.4 Å². The molecule has 4 aromatic rings. The highest BCUT2D eigenvalue weighted by Gasteiger charge is 2.21. The first-order chi connectivity index (χ1) is 13.9. The molecule has 0 atom stereocenters. The van der Waals surface area contributed by atoms with Crippen LogP contribution in [-0.2, 0) is 6.54 Å². The van der Waals surface area contributed by atoms with E-state index in [-0.39, 0.29) is 5.91 Å². The molecule has 0 radical (unpaired) electrons. The summed E-state index contributed by atoms with van der Waals surface area (Å²) in [4.78, 5) is 15.1. The van der Waals surface area contributed by atoms with Crippen LogP contribution in [0.4, 0.5) is 5.82 Å². The summed E-state index contributed by atoms with van der Waals surface area (Å²) in [6.45, 7) is 6.36. The number of halogens is 1. The molecule has 4 rings (SSSR count). The van der Waals surface area contributed by atoms with Crippen LogP contribution in [0.25, 0.3) is 10.6 Å². The minimum absolute atomic E-state index is 0.310. The second-order valence-corrected chi connectivity index (χ2v) is 8.57. The van der Waals surface area contributed by atoms with Gasteiger partial charge in [0.2, 0.25) is 0 Å². The highest BCUT2D eigenvalue weighted by atomic mass is 35.5. The Morgan fingerprint density at radius 2 is 1.93 bits per heavy atom. The van der Waals surface area contributed by atoms with Gasteiger partial charge in [0.25, 0.3) is 5.91 Å². The number of benzene rings is 1. The monoisotopic (exact) mass is 425 g/mol. The Labute approximate surface area is 177 Å². The number of carbonyl (C=O) groups excluding carboxylic acids is 1. The van der Waals surface area contributed by atoms with Crippen molar-refractivity contribution in [2.24, 2.45) is 0 Å². The van der Waals surface area contributed by atoms with Crippen LogP contribution >= 0.6 is 22.9 Å². The molecule has 2 N–H and O–H groups in total. The number of thiophene rings is 1. The number of nitrogens with zero attached hydrogens (tertiary/aromatic N) is 3. The predicted octanol–water partition coefficient (Wildman–Crippen LogP) is 5.21. The van der Waals surface area contributed by atoms with Crippen LogP contribution in [0.15, 0.2) is 42.5 Å².